The Kier molecular flexibility index (Phi) is 5.71. The Hall–Kier alpha value is -0.810. The lowest BCUT2D eigenvalue weighted by molar-refractivity contribution is 0.545. The molecule has 0 aliphatic carbocycles. The van der Waals surface area contributed by atoms with Crippen molar-refractivity contribution in [1.29, 1.82) is 0 Å². The first kappa shape index (κ1) is 14.3. The maximum absolute atomic E-state index is 13.0. The molecule has 1 aromatic rings. The van der Waals surface area contributed by atoms with Crippen molar-refractivity contribution in [3.05, 3.63) is 29.8 Å². The van der Waals surface area contributed by atoms with E-state index in [-0.39, 0.29) is 17.1 Å². The largest absolute Gasteiger partial charge is 0.310 e. The number of halogens is 1. The Morgan fingerprint density at radius 2 is 2.18 bits per heavy atom. The van der Waals surface area contributed by atoms with Crippen molar-refractivity contribution in [3.63, 3.8) is 0 Å². The van der Waals surface area contributed by atoms with E-state index >= 15 is 0 Å². The molecule has 0 fully saturated rings. The summed E-state index contributed by atoms with van der Waals surface area (Å²) in [5.41, 5.74) is 0.829. The molecule has 1 aromatic heterocycles. The van der Waals surface area contributed by atoms with Crippen molar-refractivity contribution in [2.75, 3.05) is 12.8 Å². The molecule has 0 aliphatic rings. The van der Waals surface area contributed by atoms with E-state index in [2.05, 4.69) is 10.3 Å². The van der Waals surface area contributed by atoms with Gasteiger partial charge in [-0.25, -0.2) is 4.39 Å². The Morgan fingerprint density at radius 1 is 1.47 bits per heavy atom. The minimum atomic E-state index is -0.786. The predicted octanol–water partition coefficient (Wildman–Crippen LogP) is 2.03. The number of nitrogens with zero attached hydrogens (tertiary/aromatic N) is 1. The van der Waals surface area contributed by atoms with Crippen LogP contribution in [0.2, 0.25) is 0 Å². The van der Waals surface area contributed by atoms with Crippen molar-refractivity contribution in [3.8, 4) is 0 Å². The van der Waals surface area contributed by atoms with Crippen molar-refractivity contribution >= 4 is 10.8 Å². The zero-order valence-corrected chi connectivity index (χ0v) is 11.3. The van der Waals surface area contributed by atoms with Gasteiger partial charge in [0.1, 0.15) is 5.82 Å². The molecule has 0 aliphatic heterocycles. The molecule has 3 atom stereocenters. The molecule has 0 saturated carbocycles. The summed E-state index contributed by atoms with van der Waals surface area (Å²) >= 11 is 0. The van der Waals surface area contributed by atoms with Crippen molar-refractivity contribution < 1.29 is 8.60 Å². The van der Waals surface area contributed by atoms with Gasteiger partial charge in [0.25, 0.3) is 0 Å². The molecule has 0 amide bonds. The summed E-state index contributed by atoms with van der Waals surface area (Å²) in [4.78, 5) is 3.81. The number of pyridine rings is 1. The molecular weight excluding hydrogens is 239 g/mol. The molecule has 0 radical (unpaired) electrons. The smallest absolute Gasteiger partial charge is 0.141 e. The van der Waals surface area contributed by atoms with Gasteiger partial charge in [0.2, 0.25) is 0 Å². The molecule has 3 unspecified atom stereocenters. The van der Waals surface area contributed by atoms with Crippen LogP contribution in [0.15, 0.2) is 18.5 Å². The van der Waals surface area contributed by atoms with Gasteiger partial charge in [0.15, 0.2) is 0 Å². The molecule has 0 bridgehead atoms. The van der Waals surface area contributed by atoms with E-state index in [0.29, 0.717) is 0 Å². The summed E-state index contributed by atoms with van der Waals surface area (Å²) in [6.07, 6.45) is 5.40. The Bertz CT molecular complexity index is 387. The van der Waals surface area contributed by atoms with E-state index in [4.69, 9.17) is 0 Å². The maximum atomic E-state index is 13.0. The normalized spacial score (nSPS) is 16.5. The van der Waals surface area contributed by atoms with Crippen LogP contribution in [-0.4, -0.2) is 27.2 Å². The van der Waals surface area contributed by atoms with Crippen LogP contribution >= 0.6 is 0 Å². The summed E-state index contributed by atoms with van der Waals surface area (Å²) in [5.74, 6) is -0.320. The predicted molar refractivity (Wildman–Crippen MR) is 68.8 cm³/mol. The molecule has 5 heteroatoms. The monoisotopic (exact) mass is 258 g/mol. The fourth-order valence-corrected chi connectivity index (χ4v) is 1.90. The second kappa shape index (κ2) is 6.81. The number of hydrogen-bond acceptors (Lipinski definition) is 3. The van der Waals surface area contributed by atoms with Crippen molar-refractivity contribution in [2.24, 2.45) is 0 Å². The van der Waals surface area contributed by atoms with E-state index < -0.39 is 10.8 Å². The fourth-order valence-electron chi connectivity index (χ4n) is 1.45. The van der Waals surface area contributed by atoms with Crippen LogP contribution in [0.5, 0.6) is 0 Å². The van der Waals surface area contributed by atoms with Crippen LogP contribution in [0.25, 0.3) is 0 Å². The molecule has 0 saturated heterocycles. The van der Waals surface area contributed by atoms with Gasteiger partial charge in [-0.1, -0.05) is 6.92 Å². The molecule has 1 rings (SSSR count). The molecule has 0 aromatic carbocycles. The van der Waals surface area contributed by atoms with Gasteiger partial charge in [-0.15, -0.1) is 0 Å². The van der Waals surface area contributed by atoms with Crippen LogP contribution in [-0.2, 0) is 10.8 Å². The lowest BCUT2D eigenvalue weighted by Crippen LogP contribution is -2.24. The molecule has 3 nitrogen and oxygen atoms in total. The summed E-state index contributed by atoms with van der Waals surface area (Å²) < 4.78 is 24.1. The van der Waals surface area contributed by atoms with Crippen LogP contribution in [0, 0.1) is 5.82 Å². The minimum absolute atomic E-state index is 0.0516. The highest BCUT2D eigenvalue weighted by molar-refractivity contribution is 7.84. The van der Waals surface area contributed by atoms with Crippen LogP contribution in [0.4, 0.5) is 4.39 Å². The zero-order chi connectivity index (χ0) is 12.8. The molecule has 0 spiro atoms. The molecule has 96 valence electrons. The second-order valence-corrected chi connectivity index (χ2v) is 6.01. The number of rotatable bonds is 6. The van der Waals surface area contributed by atoms with Crippen LogP contribution in [0.1, 0.15) is 31.9 Å². The quantitative estimate of drug-likeness (QED) is 0.849. The van der Waals surface area contributed by atoms with E-state index in [1.54, 1.807) is 12.5 Å². The lowest BCUT2D eigenvalue weighted by Gasteiger charge is -2.15. The van der Waals surface area contributed by atoms with E-state index in [0.717, 1.165) is 18.5 Å². The summed E-state index contributed by atoms with van der Waals surface area (Å²) in [6.45, 7) is 4.69. The van der Waals surface area contributed by atoms with Crippen LogP contribution < -0.4 is 5.32 Å². The van der Waals surface area contributed by atoms with E-state index in [1.807, 2.05) is 13.8 Å². The van der Waals surface area contributed by atoms with Gasteiger partial charge < -0.3 is 5.32 Å². The van der Waals surface area contributed by atoms with Gasteiger partial charge in [0, 0.05) is 34.5 Å². The van der Waals surface area contributed by atoms with Crippen molar-refractivity contribution in [1.82, 2.24) is 10.3 Å². The van der Waals surface area contributed by atoms with Gasteiger partial charge in [-0.2, -0.15) is 0 Å². The van der Waals surface area contributed by atoms with E-state index in [1.165, 1.54) is 12.3 Å². The first-order chi connectivity index (χ1) is 8.00. The van der Waals surface area contributed by atoms with Crippen molar-refractivity contribution in [2.45, 2.75) is 31.6 Å². The summed E-state index contributed by atoms with van der Waals surface area (Å²) in [6, 6.07) is 1.53. The Morgan fingerprint density at radius 3 is 2.76 bits per heavy atom. The number of hydrogen-bond donors (Lipinski definition) is 1. The highest BCUT2D eigenvalue weighted by Gasteiger charge is 2.09. The molecular formula is C12H19FN2OS. The summed E-state index contributed by atoms with van der Waals surface area (Å²) in [7, 11) is -0.786. The van der Waals surface area contributed by atoms with Gasteiger partial charge >= 0.3 is 0 Å². The highest BCUT2D eigenvalue weighted by atomic mass is 32.2. The standard InChI is InChI=1S/C12H19FN2OS/c1-9(17(3)16)4-5-15-10(2)11-6-12(13)8-14-7-11/h6-10,15H,4-5H2,1-3H3. The number of aromatic nitrogens is 1. The first-order valence-electron chi connectivity index (χ1n) is 5.66. The second-order valence-electron chi connectivity index (χ2n) is 4.21. The van der Waals surface area contributed by atoms with Gasteiger partial charge in [-0.05, 0) is 31.5 Å². The Labute approximate surface area is 104 Å². The van der Waals surface area contributed by atoms with Gasteiger partial charge in [0.05, 0.1) is 6.20 Å². The third-order valence-corrected chi connectivity index (χ3v) is 4.16. The fraction of sp³-hybridized carbons (Fsp3) is 0.583. The molecule has 1 N–H and O–H groups in total. The topological polar surface area (TPSA) is 42.0 Å². The van der Waals surface area contributed by atoms with Crippen LogP contribution in [0.3, 0.4) is 0 Å². The SMILES string of the molecule is CC(NCCC(C)S(C)=O)c1cncc(F)c1. The molecule has 1 heterocycles. The minimum Gasteiger partial charge on any atom is -0.310 e. The number of nitrogens with one attached hydrogen (secondary N) is 1. The van der Waals surface area contributed by atoms with E-state index in [9.17, 15) is 8.60 Å². The lowest BCUT2D eigenvalue weighted by atomic mass is 10.1. The average Bonchev–Trinajstić information content (AvgIpc) is 2.28. The summed E-state index contributed by atoms with van der Waals surface area (Å²) in [5, 5.41) is 3.45. The third-order valence-electron chi connectivity index (χ3n) is 2.79. The maximum Gasteiger partial charge on any atom is 0.141 e. The highest BCUT2D eigenvalue weighted by Crippen LogP contribution is 2.12. The molecule has 17 heavy (non-hydrogen) atoms. The zero-order valence-electron chi connectivity index (χ0n) is 10.4. The average molecular weight is 258 g/mol. The van der Waals surface area contributed by atoms with Gasteiger partial charge in [-0.3, -0.25) is 9.19 Å². The Balaban J connectivity index is 2.40. The first-order valence-corrected chi connectivity index (χ1v) is 7.29. The third kappa shape index (κ3) is 4.91.